The number of imide groups is 1. The zero-order chi connectivity index (χ0) is 19.6. The van der Waals surface area contributed by atoms with Crippen LogP contribution in [-0.4, -0.2) is 66.5 Å². The summed E-state index contributed by atoms with van der Waals surface area (Å²) in [7, 11) is 0. The van der Waals surface area contributed by atoms with Gasteiger partial charge in [-0.1, -0.05) is 12.1 Å². The van der Waals surface area contributed by atoms with Crippen molar-refractivity contribution in [1.82, 2.24) is 20.4 Å². The zero-order valence-corrected chi connectivity index (χ0v) is 16.3. The average Bonchev–Trinajstić information content (AvgIpc) is 3.30. The Bertz CT molecular complexity index is 714. The molecule has 3 fully saturated rings. The number of hydrogen-bond donors (Lipinski definition) is 2. The van der Waals surface area contributed by atoms with Gasteiger partial charge >= 0.3 is 6.03 Å². The lowest BCUT2D eigenvalue weighted by molar-refractivity contribution is -0.133. The van der Waals surface area contributed by atoms with E-state index in [1.807, 2.05) is 0 Å². The number of rotatable bonds is 6. The highest BCUT2D eigenvalue weighted by atomic mass is 19.1. The summed E-state index contributed by atoms with van der Waals surface area (Å²) in [5, 5.41) is 6.41. The topological polar surface area (TPSA) is 64.7 Å². The fourth-order valence-corrected chi connectivity index (χ4v) is 4.88. The van der Waals surface area contributed by atoms with Crippen LogP contribution >= 0.6 is 0 Å². The Morgan fingerprint density at radius 3 is 2.39 bits per heavy atom. The summed E-state index contributed by atoms with van der Waals surface area (Å²) in [6, 6.07) is 5.97. The number of piperidine rings is 1. The van der Waals surface area contributed by atoms with Crippen LogP contribution in [0.1, 0.15) is 31.2 Å². The summed E-state index contributed by atoms with van der Waals surface area (Å²) in [5.74, 6) is -0.339. The molecule has 1 aromatic rings. The quantitative estimate of drug-likeness (QED) is 0.729. The molecule has 1 unspecified atom stereocenters. The Labute approximate surface area is 165 Å². The molecule has 3 saturated heterocycles. The first kappa shape index (κ1) is 19.3. The molecule has 0 aromatic heterocycles. The van der Waals surface area contributed by atoms with Gasteiger partial charge in [0, 0.05) is 19.5 Å². The Kier molecular flexibility index (Phi) is 5.64. The average molecular weight is 388 g/mol. The predicted octanol–water partition coefficient (Wildman–Crippen LogP) is 1.75. The van der Waals surface area contributed by atoms with Crippen molar-refractivity contribution in [2.75, 3.05) is 39.3 Å². The number of amides is 3. The molecule has 3 amide bonds. The van der Waals surface area contributed by atoms with Gasteiger partial charge in [0.2, 0.25) is 0 Å². The SMILES string of the molecule is O=C1NC(Cc2ccc(F)cc2)(C2CCNCC2)C(=O)N1CCN1CCCC1. The van der Waals surface area contributed by atoms with E-state index < -0.39 is 5.54 Å². The highest BCUT2D eigenvalue weighted by Crippen LogP contribution is 2.35. The largest absolute Gasteiger partial charge is 0.325 e. The standard InChI is InChI=1S/C21H29FN4O2/c22-18-5-3-16(4-6-18)15-21(17-7-9-23-10-8-17)19(27)26(20(28)24-21)14-13-25-11-1-2-12-25/h3-6,17,23H,1-2,7-15H2,(H,24,28). The van der Waals surface area contributed by atoms with E-state index in [1.165, 1.54) is 29.9 Å². The van der Waals surface area contributed by atoms with E-state index in [0.717, 1.165) is 51.1 Å². The first-order valence-corrected chi connectivity index (χ1v) is 10.4. The van der Waals surface area contributed by atoms with Gasteiger partial charge in [0.1, 0.15) is 11.4 Å². The normalized spacial score (nSPS) is 26.8. The molecule has 3 aliphatic heterocycles. The van der Waals surface area contributed by atoms with Crippen LogP contribution in [0, 0.1) is 11.7 Å². The van der Waals surface area contributed by atoms with Crippen LogP contribution in [0.25, 0.3) is 0 Å². The Morgan fingerprint density at radius 2 is 1.71 bits per heavy atom. The van der Waals surface area contributed by atoms with Crippen LogP contribution in [0.3, 0.4) is 0 Å². The van der Waals surface area contributed by atoms with Crippen molar-refractivity contribution in [3.8, 4) is 0 Å². The third-order valence-corrected chi connectivity index (χ3v) is 6.47. The molecule has 1 atom stereocenters. The predicted molar refractivity (Wildman–Crippen MR) is 104 cm³/mol. The van der Waals surface area contributed by atoms with Gasteiger partial charge in [-0.3, -0.25) is 9.69 Å². The molecule has 0 spiro atoms. The van der Waals surface area contributed by atoms with E-state index in [2.05, 4.69) is 15.5 Å². The summed E-state index contributed by atoms with van der Waals surface area (Å²) in [5.41, 5.74) is -0.0582. The second kappa shape index (κ2) is 8.17. The van der Waals surface area contributed by atoms with Crippen LogP contribution in [0.4, 0.5) is 9.18 Å². The first-order chi connectivity index (χ1) is 13.6. The molecule has 4 rings (SSSR count). The Morgan fingerprint density at radius 1 is 1.04 bits per heavy atom. The van der Waals surface area contributed by atoms with Crippen molar-refractivity contribution in [2.45, 2.75) is 37.6 Å². The highest BCUT2D eigenvalue weighted by molar-refractivity contribution is 6.07. The summed E-state index contributed by atoms with van der Waals surface area (Å²) < 4.78 is 13.3. The number of likely N-dealkylation sites (tertiary alicyclic amines) is 1. The van der Waals surface area contributed by atoms with E-state index in [9.17, 15) is 14.0 Å². The molecular weight excluding hydrogens is 359 g/mol. The van der Waals surface area contributed by atoms with Crippen LogP contribution in [0.5, 0.6) is 0 Å². The fraction of sp³-hybridized carbons (Fsp3) is 0.619. The lowest BCUT2D eigenvalue weighted by atomic mass is 9.74. The van der Waals surface area contributed by atoms with Crippen molar-refractivity contribution in [2.24, 2.45) is 5.92 Å². The number of carbonyl (C=O) groups excluding carboxylic acids is 2. The molecule has 28 heavy (non-hydrogen) atoms. The van der Waals surface area contributed by atoms with Crippen LogP contribution < -0.4 is 10.6 Å². The molecule has 0 bridgehead atoms. The molecule has 1 aromatic carbocycles. The fourth-order valence-electron chi connectivity index (χ4n) is 4.88. The maximum atomic E-state index is 13.5. The van der Waals surface area contributed by atoms with E-state index >= 15 is 0 Å². The molecule has 152 valence electrons. The monoisotopic (exact) mass is 388 g/mol. The van der Waals surface area contributed by atoms with E-state index in [1.54, 1.807) is 12.1 Å². The van der Waals surface area contributed by atoms with Crippen LogP contribution in [0.2, 0.25) is 0 Å². The second-order valence-corrected chi connectivity index (χ2v) is 8.23. The maximum absolute atomic E-state index is 13.5. The van der Waals surface area contributed by atoms with Crippen molar-refractivity contribution >= 4 is 11.9 Å². The molecule has 3 aliphatic rings. The summed E-state index contributed by atoms with van der Waals surface area (Å²) in [6.07, 6.45) is 4.45. The maximum Gasteiger partial charge on any atom is 0.325 e. The molecule has 0 radical (unpaired) electrons. The summed E-state index contributed by atoms with van der Waals surface area (Å²) >= 11 is 0. The van der Waals surface area contributed by atoms with Gasteiger partial charge < -0.3 is 15.5 Å². The van der Waals surface area contributed by atoms with Crippen LogP contribution in [0.15, 0.2) is 24.3 Å². The minimum Gasteiger partial charge on any atom is -0.322 e. The molecule has 0 saturated carbocycles. The lowest BCUT2D eigenvalue weighted by Crippen LogP contribution is -2.57. The number of carbonyl (C=O) groups is 2. The van der Waals surface area contributed by atoms with Gasteiger partial charge in [-0.05, 0) is 75.5 Å². The highest BCUT2D eigenvalue weighted by Gasteiger charge is 2.55. The van der Waals surface area contributed by atoms with Crippen molar-refractivity contribution in [3.63, 3.8) is 0 Å². The molecular formula is C21H29FN4O2. The van der Waals surface area contributed by atoms with Gasteiger partial charge in [0.15, 0.2) is 0 Å². The van der Waals surface area contributed by atoms with Gasteiger partial charge in [-0.2, -0.15) is 0 Å². The van der Waals surface area contributed by atoms with Crippen LogP contribution in [-0.2, 0) is 11.2 Å². The number of nitrogens with one attached hydrogen (secondary N) is 2. The zero-order valence-electron chi connectivity index (χ0n) is 16.3. The first-order valence-electron chi connectivity index (χ1n) is 10.4. The van der Waals surface area contributed by atoms with E-state index in [0.29, 0.717) is 13.0 Å². The molecule has 7 heteroatoms. The van der Waals surface area contributed by atoms with Gasteiger partial charge in [0.05, 0.1) is 0 Å². The van der Waals surface area contributed by atoms with Gasteiger partial charge in [0.25, 0.3) is 5.91 Å². The van der Waals surface area contributed by atoms with E-state index in [4.69, 9.17) is 0 Å². The number of nitrogens with zero attached hydrogens (tertiary/aromatic N) is 2. The number of urea groups is 1. The molecule has 3 heterocycles. The Hall–Kier alpha value is -1.99. The second-order valence-electron chi connectivity index (χ2n) is 8.23. The lowest BCUT2D eigenvalue weighted by Gasteiger charge is -2.38. The minimum atomic E-state index is -0.929. The third-order valence-electron chi connectivity index (χ3n) is 6.47. The van der Waals surface area contributed by atoms with Gasteiger partial charge in [-0.15, -0.1) is 0 Å². The minimum absolute atomic E-state index is 0.0760. The number of benzene rings is 1. The number of hydrogen-bond acceptors (Lipinski definition) is 4. The van der Waals surface area contributed by atoms with Crippen molar-refractivity contribution in [1.29, 1.82) is 0 Å². The molecule has 0 aliphatic carbocycles. The van der Waals surface area contributed by atoms with E-state index in [-0.39, 0.29) is 23.7 Å². The summed E-state index contributed by atoms with van der Waals surface area (Å²) in [4.78, 5) is 30.1. The third kappa shape index (κ3) is 3.78. The van der Waals surface area contributed by atoms with Crippen molar-refractivity contribution in [3.05, 3.63) is 35.6 Å². The summed E-state index contributed by atoms with van der Waals surface area (Å²) in [6.45, 7) is 4.93. The Balaban J connectivity index is 1.56. The molecule has 6 nitrogen and oxygen atoms in total. The smallest absolute Gasteiger partial charge is 0.322 e. The molecule has 2 N–H and O–H groups in total. The van der Waals surface area contributed by atoms with Crippen molar-refractivity contribution < 1.29 is 14.0 Å². The van der Waals surface area contributed by atoms with Gasteiger partial charge in [-0.25, -0.2) is 9.18 Å². The number of halogens is 1.